The van der Waals surface area contributed by atoms with Gasteiger partial charge in [0.15, 0.2) is 0 Å². The van der Waals surface area contributed by atoms with Crippen molar-refractivity contribution in [1.82, 2.24) is 13.9 Å². The number of rotatable bonds is 2. The zero-order chi connectivity index (χ0) is 14.3. The molecule has 0 bridgehead atoms. The molecule has 5 nitrogen and oxygen atoms in total. The minimum Gasteiger partial charge on any atom is -0.336 e. The standard InChI is InChI=1S/C14H17N3O2S/c1-11-3-5-12(6-4-11)20(18,19)17-8-7-13-14(9-17)16(2)10-15-13/h3-6,10H,7-9H2,1-2H3. The van der Waals surface area contributed by atoms with E-state index in [0.717, 1.165) is 17.0 Å². The molecule has 0 N–H and O–H groups in total. The Kier molecular flexibility index (Phi) is 3.14. The zero-order valence-corrected chi connectivity index (χ0v) is 12.4. The molecule has 3 rings (SSSR count). The molecule has 0 saturated carbocycles. The van der Waals surface area contributed by atoms with Crippen LogP contribution in [0, 0.1) is 6.92 Å². The minimum atomic E-state index is -3.42. The summed E-state index contributed by atoms with van der Waals surface area (Å²) in [4.78, 5) is 4.65. The first-order valence-electron chi connectivity index (χ1n) is 6.54. The lowest BCUT2D eigenvalue weighted by atomic mass is 10.2. The second-order valence-corrected chi connectivity index (χ2v) is 7.09. The number of aryl methyl sites for hydroxylation is 2. The number of fused-ring (bicyclic) bond motifs is 1. The summed E-state index contributed by atoms with van der Waals surface area (Å²) in [7, 11) is -1.53. The molecule has 0 amide bonds. The van der Waals surface area contributed by atoms with Crippen LogP contribution in [0.15, 0.2) is 35.5 Å². The van der Waals surface area contributed by atoms with Gasteiger partial charge in [0.25, 0.3) is 0 Å². The van der Waals surface area contributed by atoms with Gasteiger partial charge in [-0.2, -0.15) is 4.31 Å². The van der Waals surface area contributed by atoms with E-state index in [9.17, 15) is 8.42 Å². The fraction of sp³-hybridized carbons (Fsp3) is 0.357. The van der Waals surface area contributed by atoms with Crippen LogP contribution in [0.25, 0.3) is 0 Å². The summed E-state index contributed by atoms with van der Waals surface area (Å²) in [5, 5.41) is 0. The maximum Gasteiger partial charge on any atom is 0.243 e. The lowest BCUT2D eigenvalue weighted by molar-refractivity contribution is 0.380. The van der Waals surface area contributed by atoms with Crippen molar-refractivity contribution in [3.05, 3.63) is 47.5 Å². The maximum absolute atomic E-state index is 12.6. The lowest BCUT2D eigenvalue weighted by Gasteiger charge is -2.26. The molecule has 20 heavy (non-hydrogen) atoms. The Labute approximate surface area is 118 Å². The molecular formula is C14H17N3O2S. The van der Waals surface area contributed by atoms with E-state index >= 15 is 0 Å². The van der Waals surface area contributed by atoms with Crippen LogP contribution in [0.4, 0.5) is 0 Å². The molecule has 0 saturated heterocycles. The molecule has 2 heterocycles. The first kappa shape index (κ1) is 13.3. The highest BCUT2D eigenvalue weighted by Crippen LogP contribution is 2.24. The Morgan fingerprint density at radius 3 is 2.60 bits per heavy atom. The number of hydrogen-bond donors (Lipinski definition) is 0. The summed E-state index contributed by atoms with van der Waals surface area (Å²) in [6.45, 7) is 2.82. The quantitative estimate of drug-likeness (QED) is 0.842. The predicted octanol–water partition coefficient (Wildman–Crippen LogP) is 1.48. The summed E-state index contributed by atoms with van der Waals surface area (Å²) in [5.74, 6) is 0. The van der Waals surface area contributed by atoms with E-state index in [2.05, 4.69) is 4.98 Å². The summed E-state index contributed by atoms with van der Waals surface area (Å²) in [6, 6.07) is 6.99. The van der Waals surface area contributed by atoms with Gasteiger partial charge in [0, 0.05) is 20.0 Å². The molecular weight excluding hydrogens is 274 g/mol. The van der Waals surface area contributed by atoms with Crippen LogP contribution in [0.1, 0.15) is 17.0 Å². The van der Waals surface area contributed by atoms with Crippen molar-refractivity contribution < 1.29 is 8.42 Å². The van der Waals surface area contributed by atoms with E-state index in [1.165, 1.54) is 4.31 Å². The summed E-state index contributed by atoms with van der Waals surface area (Å²) >= 11 is 0. The first-order valence-corrected chi connectivity index (χ1v) is 7.98. The van der Waals surface area contributed by atoms with Crippen molar-refractivity contribution in [2.45, 2.75) is 24.8 Å². The van der Waals surface area contributed by atoms with Crippen molar-refractivity contribution in [1.29, 1.82) is 0 Å². The van der Waals surface area contributed by atoms with Gasteiger partial charge < -0.3 is 4.57 Å². The van der Waals surface area contributed by atoms with Gasteiger partial charge in [0.05, 0.1) is 29.2 Å². The highest BCUT2D eigenvalue weighted by molar-refractivity contribution is 7.89. The van der Waals surface area contributed by atoms with Gasteiger partial charge >= 0.3 is 0 Å². The van der Waals surface area contributed by atoms with Gasteiger partial charge in [-0.3, -0.25) is 0 Å². The molecule has 1 aromatic carbocycles. The van der Waals surface area contributed by atoms with Crippen LogP contribution in [0.5, 0.6) is 0 Å². The van der Waals surface area contributed by atoms with E-state index in [-0.39, 0.29) is 0 Å². The zero-order valence-electron chi connectivity index (χ0n) is 11.6. The third-order valence-electron chi connectivity index (χ3n) is 3.73. The van der Waals surface area contributed by atoms with Crippen LogP contribution in [0.3, 0.4) is 0 Å². The van der Waals surface area contributed by atoms with Crippen molar-refractivity contribution >= 4 is 10.0 Å². The Hall–Kier alpha value is -1.66. The van der Waals surface area contributed by atoms with Crippen molar-refractivity contribution in [3.63, 3.8) is 0 Å². The molecule has 1 aliphatic rings. The highest BCUT2D eigenvalue weighted by Gasteiger charge is 2.30. The third-order valence-corrected chi connectivity index (χ3v) is 5.59. The smallest absolute Gasteiger partial charge is 0.243 e. The Morgan fingerprint density at radius 1 is 1.20 bits per heavy atom. The molecule has 0 unspecified atom stereocenters. The SMILES string of the molecule is Cc1ccc(S(=O)(=O)N2CCc3ncn(C)c3C2)cc1. The molecule has 2 aromatic rings. The van der Waals surface area contributed by atoms with Gasteiger partial charge in [-0.15, -0.1) is 0 Å². The molecule has 0 spiro atoms. The van der Waals surface area contributed by atoms with E-state index in [1.807, 2.05) is 30.7 Å². The van der Waals surface area contributed by atoms with E-state index in [0.29, 0.717) is 24.4 Å². The van der Waals surface area contributed by atoms with Crippen LogP contribution in [0.2, 0.25) is 0 Å². The fourth-order valence-electron chi connectivity index (χ4n) is 2.46. The van der Waals surface area contributed by atoms with Gasteiger partial charge in [0.2, 0.25) is 10.0 Å². The third kappa shape index (κ3) is 2.14. The monoisotopic (exact) mass is 291 g/mol. The number of aromatic nitrogens is 2. The van der Waals surface area contributed by atoms with E-state index < -0.39 is 10.0 Å². The number of nitrogens with zero attached hydrogens (tertiary/aromatic N) is 3. The summed E-state index contributed by atoms with van der Waals surface area (Å²) in [6.07, 6.45) is 2.41. The summed E-state index contributed by atoms with van der Waals surface area (Å²) in [5.41, 5.74) is 3.03. The number of imidazole rings is 1. The average molecular weight is 291 g/mol. The molecule has 1 aromatic heterocycles. The van der Waals surface area contributed by atoms with Crippen LogP contribution < -0.4 is 0 Å². The second-order valence-electron chi connectivity index (χ2n) is 5.15. The lowest BCUT2D eigenvalue weighted by Crippen LogP contribution is -2.36. The molecule has 106 valence electrons. The molecule has 0 radical (unpaired) electrons. The molecule has 1 aliphatic heterocycles. The second kappa shape index (κ2) is 4.71. The maximum atomic E-state index is 12.6. The highest BCUT2D eigenvalue weighted by atomic mass is 32.2. The molecule has 0 fully saturated rings. The average Bonchev–Trinajstić information content (AvgIpc) is 2.80. The topological polar surface area (TPSA) is 55.2 Å². The van der Waals surface area contributed by atoms with Crippen molar-refractivity contribution in [3.8, 4) is 0 Å². The van der Waals surface area contributed by atoms with E-state index in [1.54, 1.807) is 18.5 Å². The number of benzene rings is 1. The predicted molar refractivity (Wildman–Crippen MR) is 75.7 cm³/mol. The van der Waals surface area contributed by atoms with Crippen LogP contribution in [-0.2, 0) is 30.0 Å². The Bertz CT molecular complexity index is 732. The molecule has 0 atom stereocenters. The largest absolute Gasteiger partial charge is 0.336 e. The molecule has 6 heteroatoms. The van der Waals surface area contributed by atoms with E-state index in [4.69, 9.17) is 0 Å². The van der Waals surface area contributed by atoms with Gasteiger partial charge in [-0.1, -0.05) is 17.7 Å². The van der Waals surface area contributed by atoms with Crippen LogP contribution >= 0.6 is 0 Å². The number of sulfonamides is 1. The normalized spacial score (nSPS) is 16.1. The Morgan fingerprint density at radius 2 is 1.90 bits per heavy atom. The van der Waals surface area contributed by atoms with Crippen LogP contribution in [-0.4, -0.2) is 28.8 Å². The Balaban J connectivity index is 1.94. The minimum absolute atomic E-state index is 0.355. The van der Waals surface area contributed by atoms with Gasteiger partial charge in [-0.05, 0) is 19.1 Å². The summed E-state index contributed by atoms with van der Waals surface area (Å²) < 4.78 is 28.7. The fourth-order valence-corrected chi connectivity index (χ4v) is 3.86. The van der Waals surface area contributed by atoms with Crippen molar-refractivity contribution in [2.24, 2.45) is 7.05 Å². The van der Waals surface area contributed by atoms with Crippen molar-refractivity contribution in [2.75, 3.05) is 6.54 Å². The number of hydrogen-bond acceptors (Lipinski definition) is 3. The van der Waals surface area contributed by atoms with Gasteiger partial charge in [-0.25, -0.2) is 13.4 Å². The first-order chi connectivity index (χ1) is 9.48. The van der Waals surface area contributed by atoms with Gasteiger partial charge in [0.1, 0.15) is 0 Å². The molecule has 0 aliphatic carbocycles.